The molecule has 8 heteroatoms. The van der Waals surface area contributed by atoms with E-state index in [2.05, 4.69) is 5.32 Å². The number of aliphatic hydroxyl groups excluding tert-OH is 1. The van der Waals surface area contributed by atoms with Crippen molar-refractivity contribution in [1.29, 1.82) is 0 Å². The van der Waals surface area contributed by atoms with Crippen LogP contribution in [-0.4, -0.2) is 57.7 Å². The average Bonchev–Trinajstić information content (AvgIpc) is 2.44. The fraction of sp³-hybridized carbons (Fsp3) is 0.462. The number of nitrogens with one attached hydrogen (secondary N) is 1. The number of aliphatic hydroxyl groups is 1. The Bertz CT molecular complexity index is 599. The molecular weight excluding hydrogens is 296 g/mol. The highest BCUT2D eigenvalue weighted by molar-refractivity contribution is 7.89. The molecule has 0 aliphatic heterocycles. The van der Waals surface area contributed by atoms with Gasteiger partial charge in [0.15, 0.2) is 0 Å². The highest BCUT2D eigenvalue weighted by Crippen LogP contribution is 2.23. The monoisotopic (exact) mass is 316 g/mol. The van der Waals surface area contributed by atoms with Crippen LogP contribution in [0.3, 0.4) is 0 Å². The quantitative estimate of drug-likeness (QED) is 0.712. The van der Waals surface area contributed by atoms with Gasteiger partial charge in [-0.1, -0.05) is 0 Å². The zero-order chi connectivity index (χ0) is 16.0. The maximum atomic E-state index is 12.1. The number of nitrogens with zero attached hydrogens (tertiary/aromatic N) is 1. The van der Waals surface area contributed by atoms with Crippen LogP contribution in [0.5, 0.6) is 0 Å². The van der Waals surface area contributed by atoms with E-state index in [0.717, 1.165) is 4.31 Å². The minimum atomic E-state index is -3.64. The van der Waals surface area contributed by atoms with Crippen molar-refractivity contribution >= 4 is 21.7 Å². The lowest BCUT2D eigenvalue weighted by molar-refractivity contribution is 0.0527. The highest BCUT2D eigenvalue weighted by Gasteiger charge is 2.21. The van der Waals surface area contributed by atoms with Crippen molar-refractivity contribution in [1.82, 2.24) is 4.31 Å². The zero-order valence-corrected chi connectivity index (χ0v) is 13.1. The van der Waals surface area contributed by atoms with E-state index in [1.165, 1.54) is 32.3 Å². The Balaban J connectivity index is 3.29. The van der Waals surface area contributed by atoms with E-state index in [-0.39, 0.29) is 30.2 Å². The minimum Gasteiger partial charge on any atom is -0.462 e. The zero-order valence-electron chi connectivity index (χ0n) is 12.3. The first-order chi connectivity index (χ1) is 9.84. The van der Waals surface area contributed by atoms with Gasteiger partial charge in [0.1, 0.15) is 0 Å². The van der Waals surface area contributed by atoms with Crippen LogP contribution in [0.25, 0.3) is 0 Å². The molecule has 0 saturated heterocycles. The molecule has 0 spiro atoms. The van der Waals surface area contributed by atoms with Crippen molar-refractivity contribution in [2.45, 2.75) is 11.8 Å². The predicted octanol–water partition coefficient (Wildman–Crippen LogP) is 0.518. The fourth-order valence-electron chi connectivity index (χ4n) is 1.62. The largest absolute Gasteiger partial charge is 0.462 e. The van der Waals surface area contributed by atoms with Crippen LogP contribution < -0.4 is 5.32 Å². The maximum Gasteiger partial charge on any atom is 0.340 e. The van der Waals surface area contributed by atoms with Crippen LogP contribution in [0.4, 0.5) is 5.69 Å². The molecule has 0 aromatic heterocycles. The number of carbonyl (C=O) groups excluding carboxylic acids is 1. The molecule has 1 aromatic rings. The van der Waals surface area contributed by atoms with Gasteiger partial charge in [-0.05, 0) is 25.1 Å². The molecule has 0 amide bonds. The van der Waals surface area contributed by atoms with E-state index in [4.69, 9.17) is 9.84 Å². The van der Waals surface area contributed by atoms with Crippen LogP contribution in [0.2, 0.25) is 0 Å². The van der Waals surface area contributed by atoms with Crippen LogP contribution in [0.15, 0.2) is 23.1 Å². The number of sulfonamides is 1. The summed E-state index contributed by atoms with van der Waals surface area (Å²) in [5, 5.41) is 11.7. The summed E-state index contributed by atoms with van der Waals surface area (Å²) >= 11 is 0. The SMILES string of the molecule is CCOC(=O)c1cc(S(=O)(=O)N(C)C)ccc1NCCO. The molecule has 7 nitrogen and oxygen atoms in total. The first-order valence-electron chi connectivity index (χ1n) is 6.43. The summed E-state index contributed by atoms with van der Waals surface area (Å²) in [5.74, 6) is -0.617. The molecule has 0 fully saturated rings. The second-order valence-corrected chi connectivity index (χ2v) is 6.52. The lowest BCUT2D eigenvalue weighted by atomic mass is 10.2. The molecule has 0 heterocycles. The number of hydrogen-bond donors (Lipinski definition) is 2. The van der Waals surface area contributed by atoms with E-state index in [1.807, 2.05) is 0 Å². The lowest BCUT2D eigenvalue weighted by Crippen LogP contribution is -2.23. The standard InChI is InChI=1S/C13H20N2O5S/c1-4-20-13(17)11-9-10(21(18,19)15(2)3)5-6-12(11)14-7-8-16/h5-6,9,14,16H,4,7-8H2,1-3H3. The molecule has 0 atom stereocenters. The third-order valence-corrected chi connectivity index (χ3v) is 4.50. The number of carbonyl (C=O) groups is 1. The van der Waals surface area contributed by atoms with Gasteiger partial charge in [0.2, 0.25) is 10.0 Å². The number of esters is 1. The Morgan fingerprint density at radius 1 is 1.38 bits per heavy atom. The van der Waals surface area contributed by atoms with Gasteiger partial charge < -0.3 is 15.2 Å². The first-order valence-corrected chi connectivity index (χ1v) is 7.87. The summed E-state index contributed by atoms with van der Waals surface area (Å²) in [5.41, 5.74) is 0.536. The summed E-state index contributed by atoms with van der Waals surface area (Å²) in [6.45, 7) is 1.98. The molecule has 1 aromatic carbocycles. The number of benzene rings is 1. The summed E-state index contributed by atoms with van der Waals surface area (Å²) in [4.78, 5) is 11.9. The van der Waals surface area contributed by atoms with Crippen LogP contribution in [-0.2, 0) is 14.8 Å². The molecular formula is C13H20N2O5S. The molecule has 1 rings (SSSR count). The van der Waals surface area contributed by atoms with E-state index < -0.39 is 16.0 Å². The molecule has 118 valence electrons. The Hall–Kier alpha value is -1.64. The highest BCUT2D eigenvalue weighted by atomic mass is 32.2. The van der Waals surface area contributed by atoms with Gasteiger partial charge >= 0.3 is 5.97 Å². The van der Waals surface area contributed by atoms with Crippen molar-refractivity contribution in [2.75, 3.05) is 39.2 Å². The lowest BCUT2D eigenvalue weighted by Gasteiger charge is -2.15. The first kappa shape index (κ1) is 17.4. The number of anilines is 1. The number of rotatable bonds is 7. The van der Waals surface area contributed by atoms with Gasteiger partial charge in [0, 0.05) is 26.3 Å². The minimum absolute atomic E-state index is 0.00472. The van der Waals surface area contributed by atoms with Crippen LogP contribution in [0.1, 0.15) is 17.3 Å². The smallest absolute Gasteiger partial charge is 0.340 e. The van der Waals surface area contributed by atoms with Gasteiger partial charge in [-0.2, -0.15) is 0 Å². The number of ether oxygens (including phenoxy) is 1. The van der Waals surface area contributed by atoms with Gasteiger partial charge in [-0.15, -0.1) is 0 Å². The molecule has 2 N–H and O–H groups in total. The molecule has 0 aliphatic rings. The van der Waals surface area contributed by atoms with E-state index >= 15 is 0 Å². The summed E-state index contributed by atoms with van der Waals surface area (Å²) in [7, 11) is -0.809. The Morgan fingerprint density at radius 2 is 2.05 bits per heavy atom. The summed E-state index contributed by atoms with van der Waals surface area (Å²) < 4.78 is 30.2. The number of hydrogen-bond acceptors (Lipinski definition) is 6. The fourth-order valence-corrected chi connectivity index (χ4v) is 2.55. The molecule has 0 saturated carbocycles. The van der Waals surface area contributed by atoms with Gasteiger partial charge in [0.25, 0.3) is 0 Å². The Kier molecular flexibility index (Phi) is 6.13. The van der Waals surface area contributed by atoms with Crippen molar-refractivity contribution in [3.63, 3.8) is 0 Å². The molecule has 0 radical (unpaired) electrons. The van der Waals surface area contributed by atoms with Crippen molar-refractivity contribution in [3.05, 3.63) is 23.8 Å². The second kappa shape index (κ2) is 7.39. The third-order valence-electron chi connectivity index (χ3n) is 2.69. The summed E-state index contributed by atoms with van der Waals surface area (Å²) in [6.07, 6.45) is 0. The van der Waals surface area contributed by atoms with E-state index in [0.29, 0.717) is 5.69 Å². The maximum absolute atomic E-state index is 12.1. The molecule has 0 unspecified atom stereocenters. The van der Waals surface area contributed by atoms with Gasteiger partial charge in [-0.3, -0.25) is 0 Å². The van der Waals surface area contributed by atoms with Crippen LogP contribution in [0, 0.1) is 0 Å². The van der Waals surface area contributed by atoms with Gasteiger partial charge in [-0.25, -0.2) is 17.5 Å². The molecule has 21 heavy (non-hydrogen) atoms. The van der Waals surface area contributed by atoms with Crippen molar-refractivity contribution < 1.29 is 23.1 Å². The molecule has 0 bridgehead atoms. The Morgan fingerprint density at radius 3 is 2.57 bits per heavy atom. The van der Waals surface area contributed by atoms with Crippen LogP contribution >= 0.6 is 0 Å². The normalized spacial score (nSPS) is 11.5. The topological polar surface area (TPSA) is 95.9 Å². The van der Waals surface area contributed by atoms with E-state index in [1.54, 1.807) is 6.92 Å². The third kappa shape index (κ3) is 4.16. The summed E-state index contributed by atoms with van der Waals surface area (Å²) in [6, 6.07) is 4.16. The Labute approximate surface area is 124 Å². The van der Waals surface area contributed by atoms with Crippen molar-refractivity contribution in [2.24, 2.45) is 0 Å². The second-order valence-electron chi connectivity index (χ2n) is 4.37. The van der Waals surface area contributed by atoms with Gasteiger partial charge in [0.05, 0.1) is 23.7 Å². The molecule has 0 aliphatic carbocycles. The average molecular weight is 316 g/mol. The van der Waals surface area contributed by atoms with E-state index in [9.17, 15) is 13.2 Å². The predicted molar refractivity (Wildman–Crippen MR) is 78.8 cm³/mol. The van der Waals surface area contributed by atoms with Crippen molar-refractivity contribution in [3.8, 4) is 0 Å².